The van der Waals surface area contributed by atoms with Crippen LogP contribution in [0.5, 0.6) is 0 Å². The molecule has 10 nitrogen and oxygen atoms in total. The van der Waals surface area contributed by atoms with Crippen LogP contribution >= 0.6 is 0 Å². The van der Waals surface area contributed by atoms with Crippen LogP contribution in [0.2, 0.25) is 0 Å². The van der Waals surface area contributed by atoms with Crippen molar-refractivity contribution in [2.75, 3.05) is 44.8 Å². The molecular weight excluding hydrogens is 466 g/mol. The summed E-state index contributed by atoms with van der Waals surface area (Å²) in [6.07, 6.45) is -0.512. The van der Waals surface area contributed by atoms with Gasteiger partial charge in [-0.05, 0) is 6.07 Å². The smallest absolute Gasteiger partial charge is 0.333 e. The third-order valence-corrected chi connectivity index (χ3v) is 6.41. The summed E-state index contributed by atoms with van der Waals surface area (Å²) in [5.74, 6) is -2.96. The van der Waals surface area contributed by atoms with Crippen molar-refractivity contribution in [2.24, 2.45) is 11.8 Å². The molecule has 2 heterocycles. The molecule has 188 valence electrons. The minimum Gasteiger partial charge on any atom is -0.379 e. The number of anilines is 1. The van der Waals surface area contributed by atoms with E-state index in [1.54, 1.807) is 35.3 Å². The fourth-order valence-electron chi connectivity index (χ4n) is 4.52. The number of hydrogen-bond donors (Lipinski definition) is 2. The van der Waals surface area contributed by atoms with Crippen molar-refractivity contribution >= 4 is 29.1 Å². The van der Waals surface area contributed by atoms with Crippen LogP contribution in [-0.2, 0) is 14.2 Å². The van der Waals surface area contributed by atoms with E-state index in [1.165, 1.54) is 12.1 Å². The van der Waals surface area contributed by atoms with E-state index in [0.29, 0.717) is 45.4 Å². The molecule has 2 fully saturated rings. The molecule has 1 aliphatic carbocycles. The number of amides is 2. The quantitative estimate of drug-likeness (QED) is 0.481. The number of nitrogens with one attached hydrogen (secondary N) is 2. The van der Waals surface area contributed by atoms with Gasteiger partial charge in [0.2, 0.25) is 0 Å². The van der Waals surface area contributed by atoms with E-state index in [0.717, 1.165) is 5.56 Å². The number of ether oxygens (including phenoxy) is 3. The molecule has 2 saturated heterocycles. The van der Waals surface area contributed by atoms with Crippen molar-refractivity contribution in [1.82, 2.24) is 10.4 Å². The van der Waals surface area contributed by atoms with Gasteiger partial charge < -0.3 is 19.5 Å². The first-order chi connectivity index (χ1) is 17.4. The SMILES string of the molecule is CC1COC(c2ccc(C(=O)C3C(=O)c4cccc(NC(=O)NN5CCOCC5)c4C3=O)cc2)OC1. The van der Waals surface area contributed by atoms with E-state index in [-0.39, 0.29) is 22.4 Å². The monoisotopic (exact) mass is 493 g/mol. The molecule has 2 aliphatic heterocycles. The highest BCUT2D eigenvalue weighted by atomic mass is 16.7. The lowest BCUT2D eigenvalue weighted by Crippen LogP contribution is -2.49. The van der Waals surface area contributed by atoms with Crippen molar-refractivity contribution in [3.63, 3.8) is 0 Å². The van der Waals surface area contributed by atoms with Gasteiger partial charge >= 0.3 is 6.03 Å². The summed E-state index contributed by atoms with van der Waals surface area (Å²) in [5.41, 5.74) is 4.04. The van der Waals surface area contributed by atoms with Crippen LogP contribution in [-0.4, -0.2) is 67.9 Å². The third-order valence-electron chi connectivity index (χ3n) is 6.41. The average Bonchev–Trinajstić information content (AvgIpc) is 3.15. The molecule has 2 aromatic carbocycles. The zero-order valence-corrected chi connectivity index (χ0v) is 19.8. The summed E-state index contributed by atoms with van der Waals surface area (Å²) >= 11 is 0. The fourth-order valence-corrected chi connectivity index (χ4v) is 4.52. The van der Waals surface area contributed by atoms with Crippen molar-refractivity contribution in [3.05, 3.63) is 64.7 Å². The number of nitrogens with zero attached hydrogens (tertiary/aromatic N) is 1. The molecule has 0 radical (unpaired) electrons. The predicted molar refractivity (Wildman–Crippen MR) is 128 cm³/mol. The molecule has 36 heavy (non-hydrogen) atoms. The number of Topliss-reactive ketones (excluding diaryl/α,β-unsaturated/α-hetero) is 3. The summed E-state index contributed by atoms with van der Waals surface area (Å²) in [6.45, 7) is 5.25. The fraction of sp³-hybridized carbons (Fsp3) is 0.385. The number of urea groups is 1. The van der Waals surface area contributed by atoms with Crippen molar-refractivity contribution in [2.45, 2.75) is 13.2 Å². The number of rotatable bonds is 5. The molecule has 1 atom stereocenters. The Hall–Kier alpha value is -3.44. The van der Waals surface area contributed by atoms with Gasteiger partial charge in [-0.3, -0.25) is 19.8 Å². The molecule has 0 saturated carbocycles. The lowest BCUT2D eigenvalue weighted by atomic mass is 9.92. The first kappa shape index (κ1) is 24.3. The molecule has 1 unspecified atom stereocenters. The number of hydrogen-bond acceptors (Lipinski definition) is 8. The largest absolute Gasteiger partial charge is 0.379 e. The van der Waals surface area contributed by atoms with Crippen LogP contribution in [0.25, 0.3) is 0 Å². The molecule has 0 spiro atoms. The van der Waals surface area contributed by atoms with Gasteiger partial charge in [0.25, 0.3) is 0 Å². The van der Waals surface area contributed by atoms with Crippen LogP contribution in [0.4, 0.5) is 10.5 Å². The molecular formula is C26H27N3O7. The summed E-state index contributed by atoms with van der Waals surface area (Å²) in [7, 11) is 0. The molecule has 2 amide bonds. The number of morpholine rings is 1. The predicted octanol–water partition coefficient (Wildman–Crippen LogP) is 2.61. The normalized spacial score (nSPS) is 24.3. The van der Waals surface area contributed by atoms with Crippen LogP contribution in [0.3, 0.4) is 0 Å². The highest BCUT2D eigenvalue weighted by molar-refractivity contribution is 6.39. The Balaban J connectivity index is 1.30. The van der Waals surface area contributed by atoms with Gasteiger partial charge in [0.1, 0.15) is 5.92 Å². The van der Waals surface area contributed by atoms with Gasteiger partial charge in [0.05, 0.1) is 37.7 Å². The van der Waals surface area contributed by atoms with Gasteiger partial charge in [-0.15, -0.1) is 0 Å². The van der Waals surface area contributed by atoms with E-state index in [2.05, 4.69) is 10.7 Å². The van der Waals surface area contributed by atoms with Crippen molar-refractivity contribution in [3.8, 4) is 0 Å². The second-order valence-corrected chi connectivity index (χ2v) is 9.15. The molecule has 3 aliphatic rings. The Morgan fingerprint density at radius 2 is 1.64 bits per heavy atom. The Kier molecular flexibility index (Phi) is 6.92. The lowest BCUT2D eigenvalue weighted by molar-refractivity contribution is -0.202. The number of carbonyl (C=O) groups excluding carboxylic acids is 4. The summed E-state index contributed by atoms with van der Waals surface area (Å²) in [6, 6.07) is 10.6. The average molecular weight is 494 g/mol. The third kappa shape index (κ3) is 4.80. The van der Waals surface area contributed by atoms with E-state index in [9.17, 15) is 19.2 Å². The van der Waals surface area contributed by atoms with E-state index < -0.39 is 35.6 Å². The molecule has 0 aromatic heterocycles. The van der Waals surface area contributed by atoms with Crippen molar-refractivity contribution in [1.29, 1.82) is 0 Å². The molecule has 10 heteroatoms. The second-order valence-electron chi connectivity index (χ2n) is 9.15. The minimum atomic E-state index is -1.49. The number of ketones is 3. The zero-order chi connectivity index (χ0) is 25.2. The molecule has 2 N–H and O–H groups in total. The number of fused-ring (bicyclic) bond motifs is 1. The number of hydrazine groups is 1. The van der Waals surface area contributed by atoms with Gasteiger partial charge in [0, 0.05) is 35.7 Å². The van der Waals surface area contributed by atoms with Crippen LogP contribution < -0.4 is 10.7 Å². The molecule has 5 rings (SSSR count). The van der Waals surface area contributed by atoms with Crippen LogP contribution in [0.1, 0.15) is 49.9 Å². The second kappa shape index (κ2) is 10.3. The van der Waals surface area contributed by atoms with Gasteiger partial charge in [0.15, 0.2) is 23.6 Å². The van der Waals surface area contributed by atoms with E-state index in [1.807, 2.05) is 6.92 Å². The van der Waals surface area contributed by atoms with Gasteiger partial charge in [-0.25, -0.2) is 9.80 Å². The topological polar surface area (TPSA) is 123 Å². The maximum Gasteiger partial charge on any atom is 0.333 e. The van der Waals surface area contributed by atoms with Crippen LogP contribution in [0, 0.1) is 11.8 Å². The standard InChI is InChI=1S/C26H27N3O7/c1-15-13-35-25(36-14-15)17-7-5-16(6-8-17)22(30)21-23(31)18-3-2-4-19(20(18)24(21)32)27-26(33)28-29-9-11-34-12-10-29/h2-8,15,21,25H,9-14H2,1H3,(H2,27,28,33). The van der Waals surface area contributed by atoms with Gasteiger partial charge in [-0.1, -0.05) is 43.3 Å². The Labute approximate surface area is 207 Å². The molecule has 2 aromatic rings. The minimum absolute atomic E-state index is 0.0488. The maximum absolute atomic E-state index is 13.3. The van der Waals surface area contributed by atoms with Gasteiger partial charge in [-0.2, -0.15) is 0 Å². The zero-order valence-electron chi connectivity index (χ0n) is 19.8. The number of carbonyl (C=O) groups is 4. The first-order valence-corrected chi connectivity index (χ1v) is 11.9. The first-order valence-electron chi connectivity index (χ1n) is 11.9. The summed E-state index contributed by atoms with van der Waals surface area (Å²) in [5, 5.41) is 4.35. The number of benzene rings is 2. The highest BCUT2D eigenvalue weighted by Gasteiger charge is 2.45. The molecule has 0 bridgehead atoms. The van der Waals surface area contributed by atoms with E-state index >= 15 is 0 Å². The summed E-state index contributed by atoms with van der Waals surface area (Å²) in [4.78, 5) is 52.1. The summed E-state index contributed by atoms with van der Waals surface area (Å²) < 4.78 is 16.6. The Morgan fingerprint density at radius 3 is 2.33 bits per heavy atom. The Bertz CT molecular complexity index is 1180. The maximum atomic E-state index is 13.3. The van der Waals surface area contributed by atoms with Crippen LogP contribution in [0.15, 0.2) is 42.5 Å². The lowest BCUT2D eigenvalue weighted by Gasteiger charge is -2.27. The highest BCUT2D eigenvalue weighted by Crippen LogP contribution is 2.34. The van der Waals surface area contributed by atoms with Crippen molar-refractivity contribution < 1.29 is 33.4 Å². The van der Waals surface area contributed by atoms with E-state index in [4.69, 9.17) is 14.2 Å². The Morgan fingerprint density at radius 1 is 0.944 bits per heavy atom.